The summed E-state index contributed by atoms with van der Waals surface area (Å²) in [4.78, 5) is 2.32. The second kappa shape index (κ2) is 5.89. The Morgan fingerprint density at radius 2 is 1.93 bits per heavy atom. The number of rotatable bonds is 5. The standard InChI is InChI=1S/C13H22N2/c1-11-5-6-13(9-12(11)2)10-15(3)8-4-7-14/h5-6,9H,4,7-8,10,14H2,1-3H3. The largest absolute Gasteiger partial charge is 0.330 e. The third kappa shape index (κ3) is 4.02. The molecule has 0 aliphatic carbocycles. The van der Waals surface area contributed by atoms with E-state index in [0.717, 1.165) is 26.1 Å². The maximum absolute atomic E-state index is 5.49. The molecule has 0 fully saturated rings. The highest BCUT2D eigenvalue weighted by molar-refractivity contribution is 5.29. The van der Waals surface area contributed by atoms with Crippen LogP contribution in [0, 0.1) is 13.8 Å². The molecular formula is C13H22N2. The minimum absolute atomic E-state index is 0.775. The molecule has 0 spiro atoms. The van der Waals surface area contributed by atoms with Crippen LogP contribution in [0.5, 0.6) is 0 Å². The van der Waals surface area contributed by atoms with Gasteiger partial charge >= 0.3 is 0 Å². The van der Waals surface area contributed by atoms with E-state index in [4.69, 9.17) is 5.73 Å². The fourth-order valence-electron chi connectivity index (χ4n) is 1.65. The zero-order valence-corrected chi connectivity index (χ0v) is 10.1. The molecule has 1 aromatic carbocycles. The molecule has 0 amide bonds. The van der Waals surface area contributed by atoms with Crippen LogP contribution in [0.2, 0.25) is 0 Å². The van der Waals surface area contributed by atoms with E-state index in [1.54, 1.807) is 0 Å². The molecule has 0 radical (unpaired) electrons. The molecule has 0 bridgehead atoms. The van der Waals surface area contributed by atoms with E-state index in [-0.39, 0.29) is 0 Å². The molecule has 0 saturated heterocycles. The Bertz CT molecular complexity index is 307. The van der Waals surface area contributed by atoms with Gasteiger partial charge in [0.05, 0.1) is 0 Å². The fraction of sp³-hybridized carbons (Fsp3) is 0.538. The number of nitrogens with zero attached hydrogens (tertiary/aromatic N) is 1. The first-order chi connectivity index (χ1) is 7.13. The molecular weight excluding hydrogens is 184 g/mol. The molecule has 2 N–H and O–H groups in total. The quantitative estimate of drug-likeness (QED) is 0.799. The third-order valence-corrected chi connectivity index (χ3v) is 2.77. The van der Waals surface area contributed by atoms with Gasteiger partial charge in [0, 0.05) is 6.54 Å². The van der Waals surface area contributed by atoms with Crippen molar-refractivity contribution >= 4 is 0 Å². The summed E-state index contributed by atoms with van der Waals surface area (Å²) in [5.41, 5.74) is 9.61. The maximum Gasteiger partial charge on any atom is 0.0230 e. The lowest BCUT2D eigenvalue weighted by Gasteiger charge is -2.16. The number of benzene rings is 1. The molecule has 2 heteroatoms. The van der Waals surface area contributed by atoms with E-state index in [2.05, 4.69) is 44.0 Å². The van der Waals surface area contributed by atoms with Gasteiger partial charge in [0.15, 0.2) is 0 Å². The first-order valence-electron chi connectivity index (χ1n) is 5.58. The lowest BCUT2D eigenvalue weighted by molar-refractivity contribution is 0.324. The predicted octanol–water partition coefficient (Wildman–Crippen LogP) is 2.08. The lowest BCUT2D eigenvalue weighted by atomic mass is 10.1. The van der Waals surface area contributed by atoms with Gasteiger partial charge in [-0.2, -0.15) is 0 Å². The predicted molar refractivity (Wildman–Crippen MR) is 65.9 cm³/mol. The smallest absolute Gasteiger partial charge is 0.0230 e. The van der Waals surface area contributed by atoms with Gasteiger partial charge in [0.2, 0.25) is 0 Å². The summed E-state index contributed by atoms with van der Waals surface area (Å²) in [6, 6.07) is 6.68. The van der Waals surface area contributed by atoms with Crippen molar-refractivity contribution < 1.29 is 0 Å². The van der Waals surface area contributed by atoms with Crippen LogP contribution in [0.1, 0.15) is 23.1 Å². The first-order valence-corrected chi connectivity index (χ1v) is 5.58. The second-order valence-corrected chi connectivity index (χ2v) is 4.30. The zero-order chi connectivity index (χ0) is 11.3. The second-order valence-electron chi connectivity index (χ2n) is 4.30. The molecule has 0 unspecified atom stereocenters. The molecule has 2 nitrogen and oxygen atoms in total. The van der Waals surface area contributed by atoms with Gasteiger partial charge in [-0.15, -0.1) is 0 Å². The Balaban J connectivity index is 2.53. The van der Waals surface area contributed by atoms with E-state index in [1.807, 2.05) is 0 Å². The van der Waals surface area contributed by atoms with Crippen LogP contribution in [0.3, 0.4) is 0 Å². The van der Waals surface area contributed by atoms with Crippen LogP contribution < -0.4 is 5.73 Å². The van der Waals surface area contributed by atoms with Crippen LogP contribution in [0.25, 0.3) is 0 Å². The van der Waals surface area contributed by atoms with Gasteiger partial charge in [0.1, 0.15) is 0 Å². The maximum atomic E-state index is 5.49. The van der Waals surface area contributed by atoms with Crippen molar-refractivity contribution in [2.45, 2.75) is 26.8 Å². The highest BCUT2D eigenvalue weighted by Crippen LogP contribution is 2.11. The Labute approximate surface area is 93.1 Å². The summed E-state index contributed by atoms with van der Waals surface area (Å²) in [5, 5.41) is 0. The summed E-state index contributed by atoms with van der Waals surface area (Å²) in [5.74, 6) is 0. The third-order valence-electron chi connectivity index (χ3n) is 2.77. The highest BCUT2D eigenvalue weighted by Gasteiger charge is 2.00. The van der Waals surface area contributed by atoms with Crippen molar-refractivity contribution in [1.29, 1.82) is 0 Å². The van der Waals surface area contributed by atoms with Gasteiger partial charge in [-0.05, 0) is 57.1 Å². The topological polar surface area (TPSA) is 29.3 Å². The van der Waals surface area contributed by atoms with Crippen molar-refractivity contribution in [2.24, 2.45) is 5.73 Å². The van der Waals surface area contributed by atoms with E-state index in [9.17, 15) is 0 Å². The molecule has 0 heterocycles. The molecule has 0 aliphatic heterocycles. The molecule has 1 rings (SSSR count). The van der Waals surface area contributed by atoms with Crippen LogP contribution in [0.4, 0.5) is 0 Å². The van der Waals surface area contributed by atoms with Gasteiger partial charge < -0.3 is 10.6 Å². The van der Waals surface area contributed by atoms with Crippen molar-refractivity contribution in [3.63, 3.8) is 0 Å². The van der Waals surface area contributed by atoms with Crippen molar-refractivity contribution in [3.05, 3.63) is 34.9 Å². The normalized spacial score (nSPS) is 11.0. The Hall–Kier alpha value is -0.860. The van der Waals surface area contributed by atoms with E-state index < -0.39 is 0 Å². The Morgan fingerprint density at radius 3 is 2.53 bits per heavy atom. The fourth-order valence-corrected chi connectivity index (χ4v) is 1.65. The molecule has 15 heavy (non-hydrogen) atoms. The first kappa shape index (κ1) is 12.2. The number of nitrogens with two attached hydrogens (primary N) is 1. The molecule has 84 valence electrons. The van der Waals surface area contributed by atoms with Crippen LogP contribution in [-0.4, -0.2) is 25.0 Å². The van der Waals surface area contributed by atoms with Crippen LogP contribution in [0.15, 0.2) is 18.2 Å². The van der Waals surface area contributed by atoms with E-state index in [0.29, 0.717) is 0 Å². The Morgan fingerprint density at radius 1 is 1.20 bits per heavy atom. The summed E-state index contributed by atoms with van der Waals surface area (Å²) in [6.45, 7) is 7.18. The number of aryl methyl sites for hydroxylation is 2. The number of hydrogen-bond acceptors (Lipinski definition) is 2. The van der Waals surface area contributed by atoms with Gasteiger partial charge in [-0.1, -0.05) is 18.2 Å². The average Bonchev–Trinajstić information content (AvgIpc) is 2.20. The highest BCUT2D eigenvalue weighted by atomic mass is 15.1. The van der Waals surface area contributed by atoms with Crippen molar-refractivity contribution in [1.82, 2.24) is 4.90 Å². The van der Waals surface area contributed by atoms with E-state index in [1.165, 1.54) is 16.7 Å². The van der Waals surface area contributed by atoms with Crippen LogP contribution in [-0.2, 0) is 6.54 Å². The van der Waals surface area contributed by atoms with Gasteiger partial charge in [0.25, 0.3) is 0 Å². The Kier molecular flexibility index (Phi) is 4.79. The van der Waals surface area contributed by atoms with Crippen molar-refractivity contribution in [3.8, 4) is 0 Å². The van der Waals surface area contributed by atoms with E-state index >= 15 is 0 Å². The van der Waals surface area contributed by atoms with Crippen molar-refractivity contribution in [2.75, 3.05) is 20.1 Å². The molecule has 1 aromatic rings. The SMILES string of the molecule is Cc1ccc(CN(C)CCCN)cc1C. The summed E-state index contributed by atoms with van der Waals surface area (Å²) in [7, 11) is 2.14. The minimum Gasteiger partial charge on any atom is -0.330 e. The lowest BCUT2D eigenvalue weighted by Crippen LogP contribution is -2.21. The monoisotopic (exact) mass is 206 g/mol. The number of hydrogen-bond donors (Lipinski definition) is 1. The average molecular weight is 206 g/mol. The minimum atomic E-state index is 0.775. The zero-order valence-electron chi connectivity index (χ0n) is 10.1. The summed E-state index contributed by atoms with van der Waals surface area (Å²) in [6.07, 6.45) is 1.07. The van der Waals surface area contributed by atoms with Gasteiger partial charge in [-0.3, -0.25) is 0 Å². The van der Waals surface area contributed by atoms with Gasteiger partial charge in [-0.25, -0.2) is 0 Å². The molecule has 0 saturated carbocycles. The molecule has 0 aliphatic rings. The van der Waals surface area contributed by atoms with Crippen LogP contribution >= 0.6 is 0 Å². The summed E-state index contributed by atoms with van der Waals surface area (Å²) < 4.78 is 0. The molecule has 0 atom stereocenters. The molecule has 0 aromatic heterocycles. The summed E-state index contributed by atoms with van der Waals surface area (Å²) >= 11 is 0.